The molecule has 0 saturated carbocycles. The number of nitrogens with zero attached hydrogens (tertiary/aromatic N) is 4. The minimum absolute atomic E-state index is 0.148. The molecule has 1 atom stereocenters. The van der Waals surface area contributed by atoms with Gasteiger partial charge in [-0.1, -0.05) is 36.4 Å². The molecule has 7 heteroatoms. The highest BCUT2D eigenvalue weighted by atomic mass is 32.2. The number of thioether (sulfide) groups is 1. The average molecular weight is 534 g/mol. The molecule has 3 aromatic carbocycles. The molecule has 6 rings (SSSR count). The van der Waals surface area contributed by atoms with Gasteiger partial charge in [-0.3, -0.25) is 0 Å². The second-order valence-corrected chi connectivity index (χ2v) is 10.9. The van der Waals surface area contributed by atoms with Gasteiger partial charge >= 0.3 is 6.03 Å². The molecule has 0 aliphatic carbocycles. The zero-order valence-electron chi connectivity index (χ0n) is 22.6. The van der Waals surface area contributed by atoms with Crippen LogP contribution in [0.1, 0.15) is 39.7 Å². The quantitative estimate of drug-likeness (QED) is 0.244. The number of carbonyl (C=O) groups is 1. The number of hydrogen-bond acceptors (Lipinski definition) is 3. The van der Waals surface area contributed by atoms with Crippen LogP contribution in [0.2, 0.25) is 0 Å². The van der Waals surface area contributed by atoms with E-state index in [1.807, 2.05) is 59.0 Å². The van der Waals surface area contributed by atoms with Gasteiger partial charge in [-0.15, -0.1) is 11.8 Å². The summed E-state index contributed by atoms with van der Waals surface area (Å²) in [4.78, 5) is 17.3. The van der Waals surface area contributed by atoms with Crippen molar-refractivity contribution >= 4 is 23.5 Å². The minimum atomic E-state index is -0.293. The van der Waals surface area contributed by atoms with Crippen molar-refractivity contribution in [2.75, 3.05) is 11.6 Å². The van der Waals surface area contributed by atoms with Crippen molar-refractivity contribution in [1.82, 2.24) is 19.2 Å². The Kier molecular flexibility index (Phi) is 6.53. The van der Waals surface area contributed by atoms with Crippen LogP contribution in [-0.4, -0.2) is 31.5 Å². The summed E-state index contributed by atoms with van der Waals surface area (Å²) in [6.07, 6.45) is 4.15. The van der Waals surface area contributed by atoms with Gasteiger partial charge in [0.25, 0.3) is 0 Å². The molecule has 5 aromatic rings. The summed E-state index contributed by atoms with van der Waals surface area (Å²) >= 11 is 1.71. The van der Waals surface area contributed by atoms with E-state index in [9.17, 15) is 4.79 Å². The number of rotatable bonds is 4. The molecule has 39 heavy (non-hydrogen) atoms. The molecule has 0 spiro atoms. The van der Waals surface area contributed by atoms with E-state index in [4.69, 9.17) is 5.10 Å². The Morgan fingerprint density at radius 1 is 0.923 bits per heavy atom. The number of aromatic nitrogens is 3. The van der Waals surface area contributed by atoms with Crippen LogP contribution in [0.5, 0.6) is 0 Å². The number of carbonyl (C=O) groups excluding carboxylic acids is 1. The average Bonchev–Trinajstić information content (AvgIpc) is 3.51. The van der Waals surface area contributed by atoms with Crippen molar-refractivity contribution in [1.29, 1.82) is 0 Å². The maximum Gasteiger partial charge on any atom is 0.322 e. The number of aryl methyl sites for hydroxylation is 3. The summed E-state index contributed by atoms with van der Waals surface area (Å²) in [7, 11) is 0. The van der Waals surface area contributed by atoms with Crippen molar-refractivity contribution in [3.63, 3.8) is 0 Å². The molecule has 0 unspecified atom stereocenters. The second-order valence-electron chi connectivity index (χ2n) is 9.97. The van der Waals surface area contributed by atoms with Crippen LogP contribution in [0.25, 0.3) is 11.5 Å². The first-order valence-electron chi connectivity index (χ1n) is 13.0. The van der Waals surface area contributed by atoms with Gasteiger partial charge in [0.05, 0.1) is 29.7 Å². The molecule has 196 valence electrons. The highest BCUT2D eigenvalue weighted by Gasteiger charge is 2.36. The van der Waals surface area contributed by atoms with Crippen molar-refractivity contribution in [3.8, 4) is 11.5 Å². The van der Waals surface area contributed by atoms with E-state index in [1.54, 1.807) is 11.8 Å². The largest absolute Gasteiger partial charge is 0.322 e. The standard InChI is InChI=1S/C32H31N5OS/c1-21-12-15-25(19-22(21)2)33-32(38)36-20-28-23(3)34-37(26-9-6-5-7-10-26)31(28)35-18-8-11-29(35)30(36)24-13-16-27(39-4)17-14-24/h5-19,30H,20H2,1-4H3,(H,33,38)/t30-/m1/s1. The van der Waals surface area contributed by atoms with Gasteiger partial charge in [0.1, 0.15) is 5.82 Å². The van der Waals surface area contributed by atoms with Gasteiger partial charge in [-0.2, -0.15) is 5.10 Å². The Morgan fingerprint density at radius 2 is 1.69 bits per heavy atom. The lowest BCUT2D eigenvalue weighted by molar-refractivity contribution is 0.194. The van der Waals surface area contributed by atoms with Crippen molar-refractivity contribution in [3.05, 3.63) is 125 Å². The van der Waals surface area contributed by atoms with Crippen LogP contribution < -0.4 is 5.32 Å². The zero-order chi connectivity index (χ0) is 27.1. The van der Waals surface area contributed by atoms with E-state index >= 15 is 0 Å². The van der Waals surface area contributed by atoms with Crippen LogP contribution in [0.15, 0.2) is 96.0 Å². The Morgan fingerprint density at radius 3 is 2.41 bits per heavy atom. The molecule has 1 aliphatic heterocycles. The van der Waals surface area contributed by atoms with E-state index in [0.717, 1.165) is 45.3 Å². The monoisotopic (exact) mass is 533 g/mol. The molecular weight excluding hydrogens is 502 g/mol. The van der Waals surface area contributed by atoms with Crippen molar-refractivity contribution in [2.45, 2.75) is 38.3 Å². The molecule has 1 N–H and O–H groups in total. The summed E-state index contributed by atoms with van der Waals surface area (Å²) < 4.78 is 4.19. The predicted octanol–water partition coefficient (Wildman–Crippen LogP) is 7.45. The van der Waals surface area contributed by atoms with Gasteiger partial charge in [0, 0.05) is 22.3 Å². The smallest absolute Gasteiger partial charge is 0.308 e. The molecule has 0 bridgehead atoms. The molecule has 0 radical (unpaired) electrons. The SMILES string of the molecule is CSc1ccc([C@@H]2c3cccn3-c3c(c(C)nn3-c3ccccc3)CN2C(=O)Nc2ccc(C)c(C)c2)cc1. The lowest BCUT2D eigenvalue weighted by Gasteiger charge is -2.31. The summed E-state index contributed by atoms with van der Waals surface area (Å²) in [5.41, 5.74) is 8.10. The maximum absolute atomic E-state index is 14.1. The molecule has 6 nitrogen and oxygen atoms in total. The van der Waals surface area contributed by atoms with Gasteiger partial charge in [-0.25, -0.2) is 9.48 Å². The lowest BCUT2D eigenvalue weighted by Crippen LogP contribution is -2.38. The number of urea groups is 1. The molecular formula is C32H31N5OS. The topological polar surface area (TPSA) is 55.1 Å². The summed E-state index contributed by atoms with van der Waals surface area (Å²) in [5, 5.41) is 8.12. The Bertz CT molecular complexity index is 1650. The summed E-state index contributed by atoms with van der Waals surface area (Å²) in [5.74, 6) is 0.964. The Hall–Kier alpha value is -4.23. The van der Waals surface area contributed by atoms with Crippen LogP contribution in [-0.2, 0) is 6.54 Å². The highest BCUT2D eigenvalue weighted by Crippen LogP contribution is 2.39. The number of hydrogen-bond donors (Lipinski definition) is 1. The molecule has 0 fully saturated rings. The van der Waals surface area contributed by atoms with Crippen molar-refractivity contribution in [2.24, 2.45) is 0 Å². The third-order valence-electron chi connectivity index (χ3n) is 7.54. The molecule has 1 aliphatic rings. The third-order valence-corrected chi connectivity index (χ3v) is 8.28. The molecule has 0 saturated heterocycles. The van der Waals surface area contributed by atoms with Gasteiger partial charge in [-0.05, 0) is 92.2 Å². The number of para-hydroxylation sites is 1. The maximum atomic E-state index is 14.1. The van der Waals surface area contributed by atoms with Gasteiger partial charge < -0.3 is 14.8 Å². The van der Waals surface area contributed by atoms with E-state index < -0.39 is 0 Å². The zero-order valence-corrected chi connectivity index (χ0v) is 23.4. The van der Waals surface area contributed by atoms with E-state index in [1.165, 1.54) is 10.5 Å². The van der Waals surface area contributed by atoms with E-state index in [0.29, 0.717) is 6.54 Å². The Balaban J connectivity index is 1.52. The van der Waals surface area contributed by atoms with E-state index in [2.05, 4.69) is 78.6 Å². The number of nitrogens with one attached hydrogen (secondary N) is 1. The first kappa shape index (κ1) is 25.1. The fraction of sp³-hybridized carbons (Fsp3) is 0.188. The number of fused-ring (bicyclic) bond motifs is 3. The molecule has 2 aromatic heterocycles. The van der Waals surface area contributed by atoms with Crippen LogP contribution in [0.3, 0.4) is 0 Å². The van der Waals surface area contributed by atoms with Crippen molar-refractivity contribution < 1.29 is 4.79 Å². The Labute approximate surface area is 233 Å². The fourth-order valence-electron chi connectivity index (χ4n) is 5.30. The first-order valence-corrected chi connectivity index (χ1v) is 14.3. The normalized spacial score (nSPS) is 14.5. The first-order chi connectivity index (χ1) is 18.9. The number of anilines is 1. The highest BCUT2D eigenvalue weighted by molar-refractivity contribution is 7.98. The second kappa shape index (κ2) is 10.2. The van der Waals surface area contributed by atoms with E-state index in [-0.39, 0.29) is 12.1 Å². The van der Waals surface area contributed by atoms with Gasteiger partial charge in [0.2, 0.25) is 0 Å². The van der Waals surface area contributed by atoms with Crippen LogP contribution in [0.4, 0.5) is 10.5 Å². The third kappa shape index (κ3) is 4.53. The predicted molar refractivity (Wildman–Crippen MR) is 158 cm³/mol. The number of amides is 2. The molecule has 2 amide bonds. The summed E-state index contributed by atoms with van der Waals surface area (Å²) in [6, 6.07) is 28.4. The number of benzene rings is 3. The summed E-state index contributed by atoms with van der Waals surface area (Å²) in [6.45, 7) is 6.58. The van der Waals surface area contributed by atoms with Crippen LogP contribution >= 0.6 is 11.8 Å². The van der Waals surface area contributed by atoms with Crippen LogP contribution in [0, 0.1) is 20.8 Å². The molecule has 3 heterocycles. The minimum Gasteiger partial charge on any atom is -0.308 e. The lowest BCUT2D eigenvalue weighted by atomic mass is 10.0. The fourth-order valence-corrected chi connectivity index (χ4v) is 5.71. The van der Waals surface area contributed by atoms with Gasteiger partial charge in [0.15, 0.2) is 0 Å².